The predicted molar refractivity (Wildman–Crippen MR) is 67.9 cm³/mol. The van der Waals surface area contributed by atoms with Crippen LogP contribution in [0.4, 0.5) is 0 Å². The molecular formula is C13H23N3O. The maximum absolute atomic E-state index is 5.37. The summed E-state index contributed by atoms with van der Waals surface area (Å²) in [4.78, 5) is 0. The van der Waals surface area contributed by atoms with Crippen molar-refractivity contribution in [2.24, 2.45) is 13.0 Å². The van der Waals surface area contributed by atoms with Gasteiger partial charge >= 0.3 is 0 Å². The molecule has 0 amide bonds. The second-order valence-electron chi connectivity index (χ2n) is 4.97. The smallest absolute Gasteiger partial charge is 0.0641 e. The maximum atomic E-state index is 5.37. The van der Waals surface area contributed by atoms with Crippen LogP contribution in [0.5, 0.6) is 0 Å². The molecule has 1 aliphatic rings. The quantitative estimate of drug-likeness (QED) is 0.790. The molecule has 0 aromatic carbocycles. The molecule has 1 unspecified atom stereocenters. The van der Waals surface area contributed by atoms with Gasteiger partial charge in [-0.05, 0) is 39.2 Å². The summed E-state index contributed by atoms with van der Waals surface area (Å²) in [6.07, 6.45) is 2.45. The van der Waals surface area contributed by atoms with E-state index in [9.17, 15) is 0 Å². The molecule has 1 fully saturated rings. The van der Waals surface area contributed by atoms with Crippen molar-refractivity contribution in [3.05, 3.63) is 17.0 Å². The highest BCUT2D eigenvalue weighted by Gasteiger charge is 2.15. The number of hydrogen-bond acceptors (Lipinski definition) is 3. The van der Waals surface area contributed by atoms with Crippen molar-refractivity contribution < 1.29 is 4.74 Å². The summed E-state index contributed by atoms with van der Waals surface area (Å²) < 4.78 is 7.33. The molecule has 2 rings (SSSR count). The molecule has 1 aromatic heterocycles. The van der Waals surface area contributed by atoms with E-state index in [-0.39, 0.29) is 0 Å². The minimum atomic E-state index is 0.763. The van der Waals surface area contributed by atoms with Crippen LogP contribution in [0.3, 0.4) is 0 Å². The molecular weight excluding hydrogens is 214 g/mol. The Labute approximate surface area is 103 Å². The van der Waals surface area contributed by atoms with Crippen LogP contribution in [0.15, 0.2) is 0 Å². The number of aryl methyl sites for hydroxylation is 2. The Kier molecular flexibility index (Phi) is 4.18. The van der Waals surface area contributed by atoms with Gasteiger partial charge in [0.2, 0.25) is 0 Å². The topological polar surface area (TPSA) is 39.1 Å². The van der Waals surface area contributed by atoms with Crippen molar-refractivity contribution in [2.45, 2.75) is 33.2 Å². The molecule has 4 nitrogen and oxygen atoms in total. The third-order valence-corrected chi connectivity index (χ3v) is 3.71. The lowest BCUT2D eigenvalue weighted by atomic mass is 10.1. The minimum Gasteiger partial charge on any atom is -0.381 e. The third-order valence-electron chi connectivity index (χ3n) is 3.71. The van der Waals surface area contributed by atoms with Crippen LogP contribution in [-0.4, -0.2) is 29.5 Å². The Morgan fingerprint density at radius 3 is 2.88 bits per heavy atom. The summed E-state index contributed by atoms with van der Waals surface area (Å²) in [6, 6.07) is 0. The number of nitrogens with zero attached hydrogens (tertiary/aromatic N) is 2. The molecule has 1 atom stereocenters. The molecule has 0 bridgehead atoms. The zero-order valence-electron chi connectivity index (χ0n) is 11.1. The number of rotatable bonds is 5. The van der Waals surface area contributed by atoms with E-state index in [0.717, 1.165) is 37.9 Å². The van der Waals surface area contributed by atoms with Crippen molar-refractivity contribution in [2.75, 3.05) is 19.8 Å². The predicted octanol–water partition coefficient (Wildman–Crippen LogP) is 1.55. The van der Waals surface area contributed by atoms with Gasteiger partial charge in [0.15, 0.2) is 0 Å². The van der Waals surface area contributed by atoms with E-state index in [0.29, 0.717) is 0 Å². The average Bonchev–Trinajstić information content (AvgIpc) is 2.87. The third kappa shape index (κ3) is 3.07. The number of hydrogen-bond donors (Lipinski definition) is 1. The van der Waals surface area contributed by atoms with Crippen LogP contribution in [0.1, 0.15) is 29.8 Å². The van der Waals surface area contributed by atoms with Crippen molar-refractivity contribution >= 4 is 0 Å². The summed E-state index contributed by atoms with van der Waals surface area (Å²) in [5.74, 6) is 0.763. The lowest BCUT2D eigenvalue weighted by molar-refractivity contribution is 0.184. The van der Waals surface area contributed by atoms with E-state index >= 15 is 0 Å². The van der Waals surface area contributed by atoms with Crippen molar-refractivity contribution in [1.29, 1.82) is 0 Å². The Balaban J connectivity index is 1.74. The van der Waals surface area contributed by atoms with Crippen LogP contribution in [0, 0.1) is 19.8 Å². The summed E-state index contributed by atoms with van der Waals surface area (Å²) >= 11 is 0. The molecule has 0 aliphatic carbocycles. The summed E-state index contributed by atoms with van der Waals surface area (Å²) in [7, 11) is 2.00. The Morgan fingerprint density at radius 1 is 1.47 bits per heavy atom. The molecule has 0 radical (unpaired) electrons. The van der Waals surface area contributed by atoms with Crippen LogP contribution < -0.4 is 5.32 Å². The number of ether oxygens (including phenoxy) is 1. The molecule has 1 saturated heterocycles. The van der Waals surface area contributed by atoms with Gasteiger partial charge in [-0.25, -0.2) is 0 Å². The lowest BCUT2D eigenvalue weighted by Gasteiger charge is -2.09. The van der Waals surface area contributed by atoms with Crippen molar-refractivity contribution in [3.8, 4) is 0 Å². The van der Waals surface area contributed by atoms with Crippen molar-refractivity contribution in [1.82, 2.24) is 15.1 Å². The van der Waals surface area contributed by atoms with E-state index in [4.69, 9.17) is 4.74 Å². The minimum absolute atomic E-state index is 0.763. The summed E-state index contributed by atoms with van der Waals surface area (Å²) in [5.41, 5.74) is 3.75. The lowest BCUT2D eigenvalue weighted by Crippen LogP contribution is -2.18. The van der Waals surface area contributed by atoms with E-state index in [1.165, 1.54) is 24.1 Å². The molecule has 2 heterocycles. The second-order valence-corrected chi connectivity index (χ2v) is 4.97. The maximum Gasteiger partial charge on any atom is 0.0641 e. The molecule has 4 heteroatoms. The van der Waals surface area contributed by atoms with Crippen molar-refractivity contribution in [3.63, 3.8) is 0 Å². The van der Waals surface area contributed by atoms with E-state index < -0.39 is 0 Å². The standard InChI is InChI=1S/C13H23N3O/c1-10-13(11(2)16(3)15-10)8-14-6-4-12-5-7-17-9-12/h12,14H,4-9H2,1-3H3. The first-order valence-electron chi connectivity index (χ1n) is 6.46. The Hall–Kier alpha value is -0.870. The van der Waals surface area contributed by atoms with Gasteiger partial charge in [0, 0.05) is 38.1 Å². The van der Waals surface area contributed by atoms with Gasteiger partial charge in [-0.3, -0.25) is 4.68 Å². The Bertz CT molecular complexity index is 367. The molecule has 0 spiro atoms. The molecule has 0 saturated carbocycles. The van der Waals surface area contributed by atoms with Gasteiger partial charge in [-0.15, -0.1) is 0 Å². The first-order chi connectivity index (χ1) is 8.18. The fraction of sp³-hybridized carbons (Fsp3) is 0.769. The zero-order chi connectivity index (χ0) is 12.3. The highest BCUT2D eigenvalue weighted by Crippen LogP contribution is 2.16. The van der Waals surface area contributed by atoms with Crippen LogP contribution >= 0.6 is 0 Å². The van der Waals surface area contributed by atoms with Gasteiger partial charge in [0.05, 0.1) is 5.69 Å². The Morgan fingerprint density at radius 2 is 2.29 bits per heavy atom. The summed E-state index contributed by atoms with van der Waals surface area (Å²) in [5, 5.41) is 7.94. The van der Waals surface area contributed by atoms with E-state index in [1.54, 1.807) is 0 Å². The monoisotopic (exact) mass is 237 g/mol. The van der Waals surface area contributed by atoms with Gasteiger partial charge in [0.25, 0.3) is 0 Å². The first-order valence-corrected chi connectivity index (χ1v) is 6.46. The normalized spacial score (nSPS) is 20.1. The van der Waals surface area contributed by atoms with Gasteiger partial charge in [0.1, 0.15) is 0 Å². The number of aromatic nitrogens is 2. The van der Waals surface area contributed by atoms with Crippen LogP contribution in [-0.2, 0) is 18.3 Å². The average molecular weight is 237 g/mol. The largest absolute Gasteiger partial charge is 0.381 e. The van der Waals surface area contributed by atoms with Crippen LogP contribution in [0.2, 0.25) is 0 Å². The van der Waals surface area contributed by atoms with Gasteiger partial charge in [-0.2, -0.15) is 5.10 Å². The fourth-order valence-electron chi connectivity index (χ4n) is 2.40. The molecule has 17 heavy (non-hydrogen) atoms. The van der Waals surface area contributed by atoms with E-state index in [1.807, 2.05) is 11.7 Å². The zero-order valence-corrected chi connectivity index (χ0v) is 11.1. The molecule has 1 N–H and O–H groups in total. The summed E-state index contributed by atoms with van der Waals surface area (Å²) in [6.45, 7) is 8.11. The molecule has 1 aliphatic heterocycles. The highest BCUT2D eigenvalue weighted by molar-refractivity contribution is 5.23. The number of nitrogens with one attached hydrogen (secondary N) is 1. The SMILES string of the molecule is Cc1nn(C)c(C)c1CNCCC1CCOC1. The highest BCUT2D eigenvalue weighted by atomic mass is 16.5. The van der Waals surface area contributed by atoms with Crippen LogP contribution in [0.25, 0.3) is 0 Å². The fourth-order valence-corrected chi connectivity index (χ4v) is 2.40. The second kappa shape index (κ2) is 5.65. The first kappa shape index (κ1) is 12.6. The van der Waals surface area contributed by atoms with E-state index in [2.05, 4.69) is 24.3 Å². The van der Waals surface area contributed by atoms with Gasteiger partial charge < -0.3 is 10.1 Å². The molecule has 96 valence electrons. The molecule has 1 aromatic rings. The van der Waals surface area contributed by atoms with Gasteiger partial charge in [-0.1, -0.05) is 0 Å².